The van der Waals surface area contributed by atoms with E-state index in [2.05, 4.69) is 19.0 Å². The normalized spacial score (nSPS) is 34.7. The number of nitrogens with zero attached hydrogens (tertiary/aromatic N) is 1. The fourth-order valence-corrected chi connectivity index (χ4v) is 1.45. The molecule has 1 aliphatic carbocycles. The summed E-state index contributed by atoms with van der Waals surface area (Å²) < 4.78 is 0. The fraction of sp³-hybridized carbons (Fsp3) is 1.00. The minimum atomic E-state index is 0.509. The molecule has 2 N–H and O–H groups in total. The highest BCUT2D eigenvalue weighted by Gasteiger charge is 2.25. The van der Waals surface area contributed by atoms with Crippen LogP contribution >= 0.6 is 0 Å². The monoisotopic (exact) mass is 128 g/mol. The summed E-state index contributed by atoms with van der Waals surface area (Å²) in [5.74, 6) is 0.884. The fourth-order valence-electron chi connectivity index (χ4n) is 1.45. The van der Waals surface area contributed by atoms with Crippen molar-refractivity contribution in [2.24, 2.45) is 11.7 Å². The van der Waals surface area contributed by atoms with E-state index in [1.54, 1.807) is 0 Å². The molecule has 2 nitrogen and oxygen atoms in total. The Hall–Kier alpha value is -0.0800. The van der Waals surface area contributed by atoms with Gasteiger partial charge in [0.15, 0.2) is 0 Å². The van der Waals surface area contributed by atoms with Crippen LogP contribution in [0.15, 0.2) is 0 Å². The van der Waals surface area contributed by atoms with Crippen LogP contribution in [-0.4, -0.2) is 31.6 Å². The molecule has 0 atom stereocenters. The second-order valence-electron chi connectivity index (χ2n) is 3.36. The first-order valence-corrected chi connectivity index (χ1v) is 3.59. The van der Waals surface area contributed by atoms with Crippen molar-refractivity contribution < 1.29 is 0 Å². The molecule has 0 saturated heterocycles. The van der Waals surface area contributed by atoms with Gasteiger partial charge in [-0.2, -0.15) is 0 Å². The van der Waals surface area contributed by atoms with Gasteiger partial charge in [-0.3, -0.25) is 0 Å². The molecule has 9 heavy (non-hydrogen) atoms. The molecule has 1 aliphatic rings. The van der Waals surface area contributed by atoms with Crippen LogP contribution in [0, 0.1) is 5.92 Å². The molecule has 0 radical (unpaired) electrons. The molecule has 0 amide bonds. The predicted molar refractivity (Wildman–Crippen MR) is 39.3 cm³/mol. The van der Waals surface area contributed by atoms with Gasteiger partial charge in [0, 0.05) is 12.6 Å². The molecule has 0 aromatic rings. The molecule has 0 unspecified atom stereocenters. The smallest absolute Gasteiger partial charge is 0.00450 e. The van der Waals surface area contributed by atoms with Gasteiger partial charge in [-0.1, -0.05) is 0 Å². The molecule has 0 aliphatic heterocycles. The summed E-state index contributed by atoms with van der Waals surface area (Å²) in [5.41, 5.74) is 5.63. The van der Waals surface area contributed by atoms with E-state index in [1.807, 2.05) is 0 Å². The van der Waals surface area contributed by atoms with E-state index in [0.29, 0.717) is 6.04 Å². The predicted octanol–water partition coefficient (Wildman–Crippen LogP) is 0.285. The summed E-state index contributed by atoms with van der Waals surface area (Å²) in [7, 11) is 4.23. The number of hydrogen-bond donors (Lipinski definition) is 1. The highest BCUT2D eigenvalue weighted by Crippen LogP contribution is 2.25. The first-order valence-electron chi connectivity index (χ1n) is 3.59. The largest absolute Gasteiger partial charge is 0.328 e. The van der Waals surface area contributed by atoms with E-state index in [1.165, 1.54) is 19.4 Å². The summed E-state index contributed by atoms with van der Waals surface area (Å²) in [6, 6.07) is 0.509. The van der Waals surface area contributed by atoms with E-state index in [9.17, 15) is 0 Å². The van der Waals surface area contributed by atoms with Crippen molar-refractivity contribution in [1.29, 1.82) is 0 Å². The van der Waals surface area contributed by atoms with E-state index in [0.717, 1.165) is 5.92 Å². The van der Waals surface area contributed by atoms with E-state index < -0.39 is 0 Å². The van der Waals surface area contributed by atoms with Crippen molar-refractivity contribution in [2.75, 3.05) is 20.6 Å². The lowest BCUT2D eigenvalue weighted by atomic mass is 9.81. The minimum absolute atomic E-state index is 0.509. The minimum Gasteiger partial charge on any atom is -0.328 e. The van der Waals surface area contributed by atoms with Gasteiger partial charge < -0.3 is 10.6 Å². The van der Waals surface area contributed by atoms with Gasteiger partial charge in [0.25, 0.3) is 0 Å². The lowest BCUT2D eigenvalue weighted by Gasteiger charge is -2.34. The van der Waals surface area contributed by atoms with Crippen LogP contribution in [0.3, 0.4) is 0 Å². The topological polar surface area (TPSA) is 29.3 Å². The molecule has 1 fully saturated rings. The van der Waals surface area contributed by atoms with Crippen LogP contribution in [0.4, 0.5) is 0 Å². The van der Waals surface area contributed by atoms with Crippen LogP contribution in [0.5, 0.6) is 0 Å². The summed E-state index contributed by atoms with van der Waals surface area (Å²) in [5, 5.41) is 0. The van der Waals surface area contributed by atoms with Crippen LogP contribution in [0.1, 0.15) is 12.8 Å². The third kappa shape index (κ3) is 1.95. The van der Waals surface area contributed by atoms with Crippen LogP contribution in [-0.2, 0) is 0 Å². The second-order valence-corrected chi connectivity index (χ2v) is 3.36. The van der Waals surface area contributed by atoms with Crippen molar-refractivity contribution in [3.05, 3.63) is 0 Å². The Bertz CT molecular complexity index is 84.9. The van der Waals surface area contributed by atoms with Gasteiger partial charge in [0.2, 0.25) is 0 Å². The van der Waals surface area contributed by atoms with Gasteiger partial charge in [0.1, 0.15) is 0 Å². The van der Waals surface area contributed by atoms with Gasteiger partial charge in [0.05, 0.1) is 0 Å². The molecule has 54 valence electrons. The third-order valence-electron chi connectivity index (χ3n) is 1.90. The van der Waals surface area contributed by atoms with Crippen LogP contribution in [0.25, 0.3) is 0 Å². The SMILES string of the molecule is CN(C)C[C@H]1C[C@@H](N)C1. The average Bonchev–Trinajstić information content (AvgIpc) is 1.60. The van der Waals surface area contributed by atoms with Crippen LogP contribution < -0.4 is 5.73 Å². The molecule has 2 heteroatoms. The summed E-state index contributed by atoms with van der Waals surface area (Å²) in [6.07, 6.45) is 2.47. The molecule has 0 aromatic heterocycles. The zero-order valence-corrected chi connectivity index (χ0v) is 6.30. The maximum absolute atomic E-state index is 5.63. The molecule has 0 spiro atoms. The molecule has 1 saturated carbocycles. The van der Waals surface area contributed by atoms with E-state index in [4.69, 9.17) is 5.73 Å². The first-order chi connectivity index (χ1) is 4.18. The van der Waals surface area contributed by atoms with Gasteiger partial charge in [-0.25, -0.2) is 0 Å². The standard InChI is InChI=1S/C7H16N2/c1-9(2)5-6-3-7(8)4-6/h6-7H,3-5,8H2,1-2H3/t6-,7+. The lowest BCUT2D eigenvalue weighted by molar-refractivity contribution is 0.202. The van der Waals surface area contributed by atoms with E-state index >= 15 is 0 Å². The second kappa shape index (κ2) is 2.67. The Morgan fingerprint density at radius 3 is 2.33 bits per heavy atom. The molecule has 1 rings (SSSR count). The zero-order chi connectivity index (χ0) is 6.85. The Balaban J connectivity index is 2.04. The van der Waals surface area contributed by atoms with Crippen molar-refractivity contribution in [3.63, 3.8) is 0 Å². The number of hydrogen-bond acceptors (Lipinski definition) is 2. The highest BCUT2D eigenvalue weighted by molar-refractivity contribution is 4.82. The quantitative estimate of drug-likeness (QED) is 0.579. The summed E-state index contributed by atoms with van der Waals surface area (Å²) in [6.45, 7) is 1.22. The highest BCUT2D eigenvalue weighted by atomic mass is 15.1. The van der Waals surface area contributed by atoms with Gasteiger partial charge in [-0.05, 0) is 32.9 Å². The molecular weight excluding hydrogens is 112 g/mol. The van der Waals surface area contributed by atoms with E-state index in [-0.39, 0.29) is 0 Å². The van der Waals surface area contributed by atoms with Crippen LogP contribution in [0.2, 0.25) is 0 Å². The molecule has 0 heterocycles. The maximum Gasteiger partial charge on any atom is 0.00450 e. The first kappa shape index (κ1) is 7.03. The summed E-state index contributed by atoms with van der Waals surface area (Å²) in [4.78, 5) is 2.23. The number of rotatable bonds is 2. The number of nitrogens with two attached hydrogens (primary N) is 1. The van der Waals surface area contributed by atoms with Crippen molar-refractivity contribution >= 4 is 0 Å². The molecule has 0 bridgehead atoms. The van der Waals surface area contributed by atoms with Crippen molar-refractivity contribution in [2.45, 2.75) is 18.9 Å². The lowest BCUT2D eigenvalue weighted by Crippen LogP contribution is -2.40. The maximum atomic E-state index is 5.63. The molecule has 0 aromatic carbocycles. The van der Waals surface area contributed by atoms with Crippen molar-refractivity contribution in [1.82, 2.24) is 4.90 Å². The Kier molecular flexibility index (Phi) is 2.09. The molecular formula is C7H16N2. The Morgan fingerprint density at radius 1 is 1.44 bits per heavy atom. The average molecular weight is 128 g/mol. The van der Waals surface area contributed by atoms with Gasteiger partial charge in [-0.15, -0.1) is 0 Å². The Labute approximate surface area is 57.0 Å². The van der Waals surface area contributed by atoms with Gasteiger partial charge >= 0.3 is 0 Å². The Morgan fingerprint density at radius 2 is 2.00 bits per heavy atom. The van der Waals surface area contributed by atoms with Crippen molar-refractivity contribution in [3.8, 4) is 0 Å². The zero-order valence-electron chi connectivity index (χ0n) is 6.30. The summed E-state index contributed by atoms with van der Waals surface area (Å²) >= 11 is 0. The third-order valence-corrected chi connectivity index (χ3v) is 1.90.